The SMILES string of the molecule is O=C(OCc1ccccc1)c1cc(NC(=O)C(CNC(=O)c2cc3nc[nH]c3cc2C(=O)NCC2CCCCCC2)c2ccccc2F)cc(C(=O)OCc2ccccc2)c1. The summed E-state index contributed by atoms with van der Waals surface area (Å²) in [6.07, 6.45) is 8.09. The zero-order valence-corrected chi connectivity index (χ0v) is 33.5. The number of carbonyl (C=O) groups is 5. The minimum absolute atomic E-state index is 0.0228. The minimum atomic E-state index is -1.31. The smallest absolute Gasteiger partial charge is 0.338 e. The van der Waals surface area contributed by atoms with Crippen molar-refractivity contribution in [1.82, 2.24) is 20.6 Å². The topological polar surface area (TPSA) is 169 Å². The second-order valence-corrected chi connectivity index (χ2v) is 15.1. The van der Waals surface area contributed by atoms with E-state index in [0.29, 0.717) is 23.5 Å². The van der Waals surface area contributed by atoms with Crippen LogP contribution in [0.3, 0.4) is 0 Å². The molecule has 1 saturated carbocycles. The van der Waals surface area contributed by atoms with Gasteiger partial charge in [0.25, 0.3) is 11.8 Å². The Balaban J connectivity index is 1.12. The molecule has 6 aromatic rings. The van der Waals surface area contributed by atoms with Gasteiger partial charge in [-0.05, 0) is 66.3 Å². The highest BCUT2D eigenvalue weighted by molar-refractivity contribution is 6.10. The first-order valence-electron chi connectivity index (χ1n) is 20.4. The number of aromatic nitrogens is 2. The lowest BCUT2D eigenvalue weighted by Gasteiger charge is -2.20. The number of nitrogens with one attached hydrogen (secondary N) is 4. The zero-order chi connectivity index (χ0) is 42.6. The third-order valence-corrected chi connectivity index (χ3v) is 10.7. The van der Waals surface area contributed by atoms with Crippen LogP contribution in [0.2, 0.25) is 0 Å². The fraction of sp³-hybridized carbons (Fsp3) is 0.250. The molecular formula is C48H46FN5O7. The van der Waals surface area contributed by atoms with Crippen LogP contribution >= 0.6 is 0 Å². The molecule has 0 aliphatic heterocycles. The third kappa shape index (κ3) is 11.1. The van der Waals surface area contributed by atoms with Crippen molar-refractivity contribution in [2.45, 2.75) is 57.7 Å². The molecule has 312 valence electrons. The van der Waals surface area contributed by atoms with Gasteiger partial charge in [0, 0.05) is 24.3 Å². The number of H-pyrrole nitrogens is 1. The highest BCUT2D eigenvalue weighted by Gasteiger charge is 2.28. The lowest BCUT2D eigenvalue weighted by Crippen LogP contribution is -2.36. The number of esters is 2. The maximum Gasteiger partial charge on any atom is 0.338 e. The van der Waals surface area contributed by atoms with Crippen LogP contribution in [0.25, 0.3) is 11.0 Å². The largest absolute Gasteiger partial charge is 0.457 e. The molecule has 12 nitrogen and oxygen atoms in total. The number of amides is 3. The highest BCUT2D eigenvalue weighted by Crippen LogP contribution is 2.26. The summed E-state index contributed by atoms with van der Waals surface area (Å²) in [7, 11) is 0. The van der Waals surface area contributed by atoms with Crippen molar-refractivity contribution in [2.24, 2.45) is 5.92 Å². The van der Waals surface area contributed by atoms with E-state index in [9.17, 15) is 24.0 Å². The molecule has 0 radical (unpaired) electrons. The van der Waals surface area contributed by atoms with Crippen molar-refractivity contribution in [3.8, 4) is 0 Å². The Morgan fingerprint density at radius 1 is 0.689 bits per heavy atom. The molecule has 1 atom stereocenters. The van der Waals surface area contributed by atoms with Crippen LogP contribution in [-0.4, -0.2) is 52.7 Å². The van der Waals surface area contributed by atoms with E-state index in [-0.39, 0.29) is 46.7 Å². The average Bonchev–Trinajstić information content (AvgIpc) is 3.59. The van der Waals surface area contributed by atoms with Gasteiger partial charge in [-0.3, -0.25) is 14.4 Å². The number of benzene rings is 5. The van der Waals surface area contributed by atoms with Crippen LogP contribution in [0.1, 0.15) is 103 Å². The number of hydrogen-bond acceptors (Lipinski definition) is 8. The van der Waals surface area contributed by atoms with Crippen molar-refractivity contribution in [1.29, 1.82) is 0 Å². The van der Waals surface area contributed by atoms with Crippen molar-refractivity contribution in [2.75, 3.05) is 18.4 Å². The van der Waals surface area contributed by atoms with Crippen molar-refractivity contribution >= 4 is 46.4 Å². The molecule has 1 heterocycles. The number of imidazole rings is 1. The number of rotatable bonds is 15. The van der Waals surface area contributed by atoms with E-state index in [4.69, 9.17) is 9.47 Å². The number of hydrogen-bond donors (Lipinski definition) is 4. The van der Waals surface area contributed by atoms with Crippen LogP contribution in [0.5, 0.6) is 0 Å². The van der Waals surface area contributed by atoms with Gasteiger partial charge < -0.3 is 30.4 Å². The summed E-state index contributed by atoms with van der Waals surface area (Å²) in [5.74, 6) is -5.05. The first-order valence-corrected chi connectivity index (χ1v) is 20.4. The number of carbonyl (C=O) groups excluding carboxylic acids is 5. The van der Waals surface area contributed by atoms with Gasteiger partial charge in [0.2, 0.25) is 5.91 Å². The van der Waals surface area contributed by atoms with Crippen LogP contribution in [0.4, 0.5) is 10.1 Å². The molecule has 5 aromatic carbocycles. The van der Waals surface area contributed by atoms with E-state index in [0.717, 1.165) is 36.8 Å². The molecule has 1 aliphatic rings. The van der Waals surface area contributed by atoms with Crippen LogP contribution < -0.4 is 16.0 Å². The Morgan fingerprint density at radius 2 is 1.26 bits per heavy atom. The predicted octanol–water partition coefficient (Wildman–Crippen LogP) is 8.27. The lowest BCUT2D eigenvalue weighted by molar-refractivity contribution is -0.117. The molecule has 1 aliphatic carbocycles. The van der Waals surface area contributed by atoms with Crippen molar-refractivity contribution < 1.29 is 37.8 Å². The maximum atomic E-state index is 15.5. The fourth-order valence-corrected chi connectivity index (χ4v) is 7.43. The van der Waals surface area contributed by atoms with Gasteiger partial charge >= 0.3 is 11.9 Å². The Hall–Kier alpha value is -7.15. The fourth-order valence-electron chi connectivity index (χ4n) is 7.43. The first kappa shape index (κ1) is 42.0. The third-order valence-electron chi connectivity index (χ3n) is 10.7. The molecule has 61 heavy (non-hydrogen) atoms. The van der Waals surface area contributed by atoms with Gasteiger partial charge in [0.15, 0.2) is 0 Å². The van der Waals surface area contributed by atoms with E-state index in [2.05, 4.69) is 25.9 Å². The maximum absolute atomic E-state index is 15.5. The Bertz CT molecular complexity index is 2430. The molecular weight excluding hydrogens is 778 g/mol. The molecule has 4 N–H and O–H groups in total. The standard InChI is InChI=1S/C48H46FN5O7/c49-41-20-12-11-19-37(41)40(27-51-45(56)39-25-43-42(52-30-53-43)24-38(39)44(55)50-26-31-13-5-1-2-6-14-31)46(57)54-36-22-34(47(58)60-28-32-15-7-3-8-16-32)21-35(23-36)48(59)61-29-33-17-9-4-10-18-33/h3-4,7-12,15-25,30-31,40H,1-2,5-6,13-14,26-29H2,(H,50,55)(H,51,56)(H,52,53)(H,54,57). The van der Waals surface area contributed by atoms with E-state index < -0.39 is 47.9 Å². The molecule has 7 rings (SSSR count). The number of nitrogens with zero attached hydrogens (tertiary/aromatic N) is 1. The Kier molecular flexibility index (Phi) is 13.9. The summed E-state index contributed by atoms with van der Waals surface area (Å²) in [4.78, 5) is 75.9. The average molecular weight is 824 g/mol. The van der Waals surface area contributed by atoms with Crippen molar-refractivity contribution in [3.05, 3.63) is 166 Å². The minimum Gasteiger partial charge on any atom is -0.457 e. The molecule has 3 amide bonds. The number of fused-ring (bicyclic) bond motifs is 1. The van der Waals surface area contributed by atoms with Crippen LogP contribution in [0.15, 0.2) is 122 Å². The normalized spacial score (nSPS) is 13.4. The van der Waals surface area contributed by atoms with Gasteiger partial charge in [0.1, 0.15) is 19.0 Å². The summed E-state index contributed by atoms with van der Waals surface area (Å²) in [5.41, 5.74) is 2.56. The van der Waals surface area contributed by atoms with Gasteiger partial charge in [-0.1, -0.05) is 105 Å². The van der Waals surface area contributed by atoms with Crippen molar-refractivity contribution in [3.63, 3.8) is 0 Å². The number of aromatic amines is 1. The second kappa shape index (κ2) is 20.2. The molecule has 1 aromatic heterocycles. The molecule has 0 bridgehead atoms. The second-order valence-electron chi connectivity index (χ2n) is 15.1. The molecule has 0 saturated heterocycles. The van der Waals surface area contributed by atoms with Gasteiger partial charge in [0.05, 0.1) is 45.5 Å². The van der Waals surface area contributed by atoms with E-state index in [1.807, 2.05) is 36.4 Å². The molecule has 0 spiro atoms. The van der Waals surface area contributed by atoms with Gasteiger partial charge in [-0.15, -0.1) is 0 Å². The Morgan fingerprint density at radius 3 is 1.89 bits per heavy atom. The lowest BCUT2D eigenvalue weighted by atomic mass is 9.96. The Labute approximate surface area is 352 Å². The quantitative estimate of drug-likeness (QED) is 0.0593. The highest BCUT2D eigenvalue weighted by atomic mass is 19.1. The van der Waals surface area contributed by atoms with Gasteiger partial charge in [-0.2, -0.15) is 0 Å². The summed E-state index contributed by atoms with van der Waals surface area (Å²) in [5, 5.41) is 8.49. The summed E-state index contributed by atoms with van der Waals surface area (Å²) in [6, 6.07) is 30.8. The number of ether oxygens (including phenoxy) is 2. The molecule has 1 unspecified atom stereocenters. The summed E-state index contributed by atoms with van der Waals surface area (Å²) < 4.78 is 26.6. The van der Waals surface area contributed by atoms with Crippen LogP contribution in [-0.2, 0) is 27.5 Å². The van der Waals surface area contributed by atoms with E-state index in [1.54, 1.807) is 36.4 Å². The number of halogens is 1. The van der Waals surface area contributed by atoms with E-state index >= 15 is 4.39 Å². The predicted molar refractivity (Wildman–Crippen MR) is 227 cm³/mol. The monoisotopic (exact) mass is 823 g/mol. The van der Waals surface area contributed by atoms with E-state index in [1.165, 1.54) is 61.6 Å². The molecule has 13 heteroatoms. The number of anilines is 1. The zero-order valence-electron chi connectivity index (χ0n) is 33.5. The molecule has 1 fully saturated rings. The summed E-state index contributed by atoms with van der Waals surface area (Å²) in [6.45, 7) is -0.000873. The van der Waals surface area contributed by atoms with Crippen LogP contribution in [0, 0.1) is 11.7 Å². The van der Waals surface area contributed by atoms with Gasteiger partial charge in [-0.25, -0.2) is 19.0 Å². The summed E-state index contributed by atoms with van der Waals surface area (Å²) >= 11 is 0. The first-order chi connectivity index (χ1) is 29.7.